The first kappa shape index (κ1) is 33.2. The van der Waals surface area contributed by atoms with Gasteiger partial charge >= 0.3 is 0 Å². The molecule has 4 fully saturated rings. The van der Waals surface area contributed by atoms with Gasteiger partial charge in [0.2, 0.25) is 5.91 Å². The minimum atomic E-state index is -0.911. The number of piperidine rings is 1. The predicted octanol–water partition coefficient (Wildman–Crippen LogP) is 5.65. The second kappa shape index (κ2) is 14.7. The van der Waals surface area contributed by atoms with E-state index in [9.17, 15) is 13.6 Å². The first-order valence-corrected chi connectivity index (χ1v) is 17.2. The van der Waals surface area contributed by atoms with Crippen molar-refractivity contribution < 1.29 is 23.1 Å². The van der Waals surface area contributed by atoms with Gasteiger partial charge in [-0.3, -0.25) is 19.4 Å². The fourth-order valence-corrected chi connectivity index (χ4v) is 7.46. The molecule has 11 nitrogen and oxygen atoms in total. The van der Waals surface area contributed by atoms with Crippen LogP contribution in [0.15, 0.2) is 55.4 Å². The number of amides is 1. The monoisotopic (exact) mass is 674 g/mol. The van der Waals surface area contributed by atoms with E-state index in [1.165, 1.54) is 50.8 Å². The lowest BCUT2D eigenvalue weighted by Gasteiger charge is -2.46. The number of aromatic nitrogens is 2. The molecule has 13 heteroatoms. The smallest absolute Gasteiger partial charge is 0.247 e. The largest absolute Gasteiger partial charge is 0.494 e. The number of hydrogen-bond acceptors (Lipinski definition) is 10. The van der Waals surface area contributed by atoms with Crippen molar-refractivity contribution in [3.05, 3.63) is 72.6 Å². The molecule has 1 amide bonds. The Morgan fingerprint density at radius 3 is 2.31 bits per heavy atom. The quantitative estimate of drug-likeness (QED) is 0.263. The van der Waals surface area contributed by atoms with Gasteiger partial charge in [0.15, 0.2) is 17.5 Å². The molecular formula is C36H44F2N8O3. The van der Waals surface area contributed by atoms with E-state index in [1.54, 1.807) is 24.3 Å². The number of nitrogens with zero attached hydrogens (tertiary/aromatic N) is 6. The summed E-state index contributed by atoms with van der Waals surface area (Å²) in [5.74, 6) is -0.633. The van der Waals surface area contributed by atoms with E-state index >= 15 is 0 Å². The highest BCUT2D eigenvalue weighted by Gasteiger charge is 2.33. The van der Waals surface area contributed by atoms with Crippen molar-refractivity contribution in [1.29, 1.82) is 0 Å². The van der Waals surface area contributed by atoms with Gasteiger partial charge in [0, 0.05) is 69.9 Å². The van der Waals surface area contributed by atoms with Crippen LogP contribution in [-0.4, -0.2) is 90.7 Å². The van der Waals surface area contributed by atoms with E-state index < -0.39 is 11.6 Å². The molecule has 3 saturated heterocycles. The lowest BCUT2D eigenvalue weighted by molar-refractivity contribution is -0.111. The van der Waals surface area contributed by atoms with E-state index in [1.807, 2.05) is 12.1 Å². The zero-order valence-corrected chi connectivity index (χ0v) is 27.9. The molecule has 0 spiro atoms. The number of halogens is 2. The van der Waals surface area contributed by atoms with Crippen LogP contribution >= 0.6 is 0 Å². The minimum absolute atomic E-state index is 0.310. The summed E-state index contributed by atoms with van der Waals surface area (Å²) >= 11 is 0. The van der Waals surface area contributed by atoms with Gasteiger partial charge in [-0.05, 0) is 55.5 Å². The Labute approximate surface area is 285 Å². The average Bonchev–Trinajstić information content (AvgIpc) is 3.60. The molecular weight excluding hydrogens is 630 g/mol. The van der Waals surface area contributed by atoms with Crippen molar-refractivity contribution in [2.24, 2.45) is 0 Å². The van der Waals surface area contributed by atoms with Gasteiger partial charge in [0.25, 0.3) is 0 Å². The number of carbonyl (C=O) groups excluding carboxylic acids is 1. The summed E-state index contributed by atoms with van der Waals surface area (Å²) in [5.41, 5.74) is 2.69. The van der Waals surface area contributed by atoms with Crippen molar-refractivity contribution in [1.82, 2.24) is 19.8 Å². The normalized spacial score (nSPS) is 21.0. The summed E-state index contributed by atoms with van der Waals surface area (Å²) in [5, 5.41) is 7.90. The lowest BCUT2D eigenvalue weighted by Crippen LogP contribution is -2.56. The topological polar surface area (TPSA) is 98.3 Å². The van der Waals surface area contributed by atoms with Crippen molar-refractivity contribution in [3.8, 4) is 5.75 Å². The Kier molecular flexibility index (Phi) is 9.92. The maximum atomic E-state index is 14.0. The van der Waals surface area contributed by atoms with E-state index in [0.717, 1.165) is 56.8 Å². The second-order valence-corrected chi connectivity index (χ2v) is 13.2. The van der Waals surface area contributed by atoms with Crippen LogP contribution < -0.4 is 25.3 Å². The Hall–Kier alpha value is -4.33. The standard InChI is InChI=1S/C36H44F2N8O3/c1-3-36(47)42-29-20-30(41-34-22-35(40-23-39-34)46-31(11-18-49-46)24-7-8-27(37)28(38)19-24)33(48-2)21-32(29)45-12-9-26(10-13-45)44-16-14-43(15-17-44)25-5-4-6-25/h3,7-8,19-23,25-26,31H,1,4-6,9-18H2,2H3,(H,42,47)(H,39,40,41)/t31-/m1/s1. The third-order valence-corrected chi connectivity index (χ3v) is 10.4. The summed E-state index contributed by atoms with van der Waals surface area (Å²) in [6.45, 7) is 10.4. The second-order valence-electron chi connectivity index (χ2n) is 13.2. The Balaban J connectivity index is 1.07. The number of anilines is 5. The lowest BCUT2D eigenvalue weighted by atomic mass is 9.91. The highest BCUT2D eigenvalue weighted by atomic mass is 19.2. The third-order valence-electron chi connectivity index (χ3n) is 10.4. The molecule has 3 aliphatic heterocycles. The zero-order chi connectivity index (χ0) is 33.9. The maximum absolute atomic E-state index is 14.0. The van der Waals surface area contributed by atoms with Gasteiger partial charge in [-0.15, -0.1) is 0 Å². The number of methoxy groups -OCH3 is 1. The molecule has 1 aliphatic carbocycles. The number of ether oxygens (including phenoxy) is 1. The first-order chi connectivity index (χ1) is 23.9. The molecule has 7 rings (SSSR count). The number of rotatable bonds is 10. The van der Waals surface area contributed by atoms with Crippen LogP contribution in [0.2, 0.25) is 0 Å². The molecule has 3 aromatic rings. The zero-order valence-electron chi connectivity index (χ0n) is 27.9. The Morgan fingerprint density at radius 2 is 1.65 bits per heavy atom. The van der Waals surface area contributed by atoms with Crippen LogP contribution in [0.5, 0.6) is 5.75 Å². The summed E-state index contributed by atoms with van der Waals surface area (Å²) < 4.78 is 33.5. The van der Waals surface area contributed by atoms with Gasteiger partial charge in [0.1, 0.15) is 17.9 Å². The molecule has 1 aromatic heterocycles. The van der Waals surface area contributed by atoms with Crippen molar-refractivity contribution in [2.75, 3.05) is 73.6 Å². The highest BCUT2D eigenvalue weighted by Crippen LogP contribution is 2.41. The van der Waals surface area contributed by atoms with Crippen LogP contribution in [0, 0.1) is 11.6 Å². The van der Waals surface area contributed by atoms with Crippen LogP contribution in [0.1, 0.15) is 50.1 Å². The summed E-state index contributed by atoms with van der Waals surface area (Å²) in [4.78, 5) is 34.9. The molecule has 2 N–H and O–H groups in total. The molecule has 1 atom stereocenters. The molecule has 1 saturated carbocycles. The predicted molar refractivity (Wildman–Crippen MR) is 185 cm³/mol. The number of hydrogen-bond donors (Lipinski definition) is 2. The third kappa shape index (κ3) is 7.19. The molecule has 4 aliphatic rings. The molecule has 49 heavy (non-hydrogen) atoms. The number of nitrogens with one attached hydrogen (secondary N) is 2. The van der Waals surface area contributed by atoms with E-state index in [-0.39, 0.29) is 11.9 Å². The number of carbonyl (C=O) groups is 1. The van der Waals surface area contributed by atoms with Gasteiger partial charge in [0.05, 0.1) is 36.8 Å². The Morgan fingerprint density at radius 1 is 0.918 bits per heavy atom. The van der Waals surface area contributed by atoms with Crippen LogP contribution in [0.25, 0.3) is 0 Å². The van der Waals surface area contributed by atoms with E-state index in [4.69, 9.17) is 9.57 Å². The van der Waals surface area contributed by atoms with E-state index in [0.29, 0.717) is 53.4 Å². The molecule has 4 heterocycles. The average molecular weight is 675 g/mol. The van der Waals surface area contributed by atoms with Crippen molar-refractivity contribution in [2.45, 2.75) is 56.7 Å². The van der Waals surface area contributed by atoms with Crippen LogP contribution in [0.4, 0.5) is 37.5 Å². The summed E-state index contributed by atoms with van der Waals surface area (Å²) in [7, 11) is 1.61. The van der Waals surface area contributed by atoms with Gasteiger partial charge in [-0.2, -0.15) is 0 Å². The van der Waals surface area contributed by atoms with Gasteiger partial charge < -0.3 is 20.3 Å². The first-order valence-electron chi connectivity index (χ1n) is 17.2. The molecule has 2 aromatic carbocycles. The van der Waals surface area contributed by atoms with Crippen LogP contribution in [-0.2, 0) is 9.63 Å². The van der Waals surface area contributed by atoms with E-state index in [2.05, 4.69) is 41.9 Å². The van der Waals surface area contributed by atoms with Crippen molar-refractivity contribution >= 4 is 34.6 Å². The minimum Gasteiger partial charge on any atom is -0.494 e. The number of piperazine rings is 1. The van der Waals surface area contributed by atoms with Gasteiger partial charge in [-0.25, -0.2) is 23.8 Å². The summed E-state index contributed by atoms with van der Waals surface area (Å²) in [6.07, 6.45) is 9.43. The number of hydroxylamine groups is 1. The molecule has 0 bridgehead atoms. The molecule has 260 valence electrons. The Bertz CT molecular complexity index is 1660. The van der Waals surface area contributed by atoms with Crippen LogP contribution in [0.3, 0.4) is 0 Å². The fourth-order valence-electron chi connectivity index (χ4n) is 7.46. The number of benzene rings is 2. The highest BCUT2D eigenvalue weighted by molar-refractivity contribution is 6.02. The molecule has 0 unspecified atom stereocenters. The maximum Gasteiger partial charge on any atom is 0.247 e. The fraction of sp³-hybridized carbons (Fsp3) is 0.472. The van der Waals surface area contributed by atoms with Crippen molar-refractivity contribution in [3.63, 3.8) is 0 Å². The SMILES string of the molecule is C=CC(=O)Nc1cc(Nc2cc(N3OCC[C@@H]3c3ccc(F)c(F)c3)ncn2)c(OC)cc1N1CCC(N2CCN(C3CCC3)CC2)CC1. The van der Waals surface area contributed by atoms with Gasteiger partial charge in [-0.1, -0.05) is 19.1 Å². The summed E-state index contributed by atoms with van der Waals surface area (Å²) in [6, 6.07) is 10.4. The molecule has 0 radical (unpaired) electrons.